The normalized spacial score (nSPS) is 21.8. The van der Waals surface area contributed by atoms with E-state index in [1.807, 2.05) is 13.8 Å². The predicted octanol–water partition coefficient (Wildman–Crippen LogP) is 1.62. The number of pyridine rings is 1. The topological polar surface area (TPSA) is 90.3 Å². The van der Waals surface area contributed by atoms with Crippen molar-refractivity contribution in [3.05, 3.63) is 23.9 Å². The second-order valence-corrected chi connectivity index (χ2v) is 7.13. The van der Waals surface area contributed by atoms with E-state index in [9.17, 15) is 4.79 Å². The molecular weight excluding hydrogens is 330 g/mol. The lowest BCUT2D eigenvalue weighted by atomic mass is 9.99. The maximum Gasteiger partial charge on any atom is 0.237 e. The van der Waals surface area contributed by atoms with Crippen molar-refractivity contribution in [1.29, 1.82) is 5.26 Å². The van der Waals surface area contributed by atoms with Crippen LogP contribution in [0.1, 0.15) is 33.3 Å². The number of aromatic nitrogens is 1. The zero-order valence-corrected chi connectivity index (χ0v) is 16.0. The van der Waals surface area contributed by atoms with Crippen molar-refractivity contribution in [2.75, 3.05) is 31.5 Å². The molecule has 142 valence electrons. The Morgan fingerprint density at radius 3 is 2.69 bits per heavy atom. The van der Waals surface area contributed by atoms with Crippen LogP contribution in [-0.4, -0.2) is 60.2 Å². The fourth-order valence-electron chi connectivity index (χ4n) is 3.44. The van der Waals surface area contributed by atoms with E-state index in [1.165, 1.54) is 0 Å². The molecule has 3 atom stereocenters. The molecule has 1 aromatic rings. The maximum absolute atomic E-state index is 12.7. The second kappa shape index (κ2) is 9.51. The number of morpholine rings is 1. The molecule has 1 aliphatic heterocycles. The van der Waals surface area contributed by atoms with Gasteiger partial charge >= 0.3 is 0 Å². The summed E-state index contributed by atoms with van der Waals surface area (Å²) in [4.78, 5) is 19.1. The molecule has 1 aromatic heterocycles. The zero-order chi connectivity index (χ0) is 19.1. The quantitative estimate of drug-likeness (QED) is 0.719. The van der Waals surface area contributed by atoms with Crippen molar-refractivity contribution >= 4 is 11.7 Å². The summed E-state index contributed by atoms with van der Waals surface area (Å²) < 4.78 is 5.78. The van der Waals surface area contributed by atoms with Gasteiger partial charge in [-0.1, -0.05) is 13.8 Å². The van der Waals surface area contributed by atoms with E-state index in [2.05, 4.69) is 40.4 Å². The molecule has 0 bridgehead atoms. The largest absolute Gasteiger partial charge is 0.373 e. The van der Waals surface area contributed by atoms with Crippen molar-refractivity contribution < 1.29 is 9.53 Å². The van der Waals surface area contributed by atoms with Crippen LogP contribution in [0.5, 0.6) is 0 Å². The smallest absolute Gasteiger partial charge is 0.237 e. The molecule has 7 nitrogen and oxygen atoms in total. The number of carbonyl (C=O) groups is 1. The fourth-order valence-corrected chi connectivity index (χ4v) is 3.44. The standard InChI is InChI=1S/C19H29N5O2/c1-13(2)17(24-11-14(3)26-15(4)12-24)19(25)23-9-8-22-18-16(10-20)6-5-7-21-18/h5-7,13-15,17H,8-9,11-12H2,1-4H3,(H,21,22)(H,23,25)/t14-,15+,17-/m1/s1. The third kappa shape index (κ3) is 5.41. The predicted molar refractivity (Wildman–Crippen MR) is 101 cm³/mol. The van der Waals surface area contributed by atoms with Crippen molar-refractivity contribution in [3.63, 3.8) is 0 Å². The number of carbonyl (C=O) groups excluding carboxylic acids is 1. The molecule has 0 unspecified atom stereocenters. The van der Waals surface area contributed by atoms with Crippen molar-refractivity contribution in [3.8, 4) is 6.07 Å². The first-order valence-electron chi connectivity index (χ1n) is 9.18. The van der Waals surface area contributed by atoms with E-state index in [-0.39, 0.29) is 30.1 Å². The minimum absolute atomic E-state index is 0.0321. The molecule has 2 rings (SSSR count). The molecule has 0 saturated carbocycles. The van der Waals surface area contributed by atoms with Crippen molar-refractivity contribution in [1.82, 2.24) is 15.2 Å². The first-order valence-corrected chi connectivity index (χ1v) is 9.18. The molecule has 0 aromatic carbocycles. The van der Waals surface area contributed by atoms with E-state index in [0.29, 0.717) is 24.5 Å². The van der Waals surface area contributed by atoms with Gasteiger partial charge in [0.15, 0.2) is 0 Å². The van der Waals surface area contributed by atoms with Crippen LogP contribution in [0.15, 0.2) is 18.3 Å². The van der Waals surface area contributed by atoms with E-state index in [4.69, 9.17) is 10.00 Å². The number of hydrogen-bond acceptors (Lipinski definition) is 6. The van der Waals surface area contributed by atoms with Crippen molar-refractivity contribution in [2.24, 2.45) is 5.92 Å². The second-order valence-electron chi connectivity index (χ2n) is 7.13. The summed E-state index contributed by atoms with van der Waals surface area (Å²) in [7, 11) is 0. The lowest BCUT2D eigenvalue weighted by Crippen LogP contribution is -2.57. The van der Waals surface area contributed by atoms with Crippen molar-refractivity contribution in [2.45, 2.75) is 45.9 Å². The molecule has 7 heteroatoms. The third-order valence-corrected chi connectivity index (χ3v) is 4.39. The number of nitrogens with zero attached hydrogens (tertiary/aromatic N) is 3. The van der Waals surface area contributed by atoms with E-state index in [1.54, 1.807) is 18.3 Å². The van der Waals surface area contributed by atoms with Gasteiger partial charge in [0.25, 0.3) is 0 Å². The molecule has 2 N–H and O–H groups in total. The molecule has 1 aliphatic rings. The highest BCUT2D eigenvalue weighted by atomic mass is 16.5. The Bertz CT molecular complexity index is 633. The highest BCUT2D eigenvalue weighted by molar-refractivity contribution is 5.82. The van der Waals surface area contributed by atoms with Crippen LogP contribution in [-0.2, 0) is 9.53 Å². The summed E-state index contributed by atoms with van der Waals surface area (Å²) in [6.07, 6.45) is 1.89. The Morgan fingerprint density at radius 1 is 1.38 bits per heavy atom. The molecule has 0 aliphatic carbocycles. The van der Waals surface area contributed by atoms with Crippen LogP contribution >= 0.6 is 0 Å². The first-order chi connectivity index (χ1) is 12.4. The lowest BCUT2D eigenvalue weighted by molar-refractivity contribution is -0.135. The molecular formula is C19H29N5O2. The summed E-state index contributed by atoms with van der Waals surface area (Å²) in [5, 5.41) is 15.2. The summed E-state index contributed by atoms with van der Waals surface area (Å²) in [5.74, 6) is 0.784. The number of hydrogen-bond donors (Lipinski definition) is 2. The van der Waals surface area contributed by atoms with Gasteiger partial charge < -0.3 is 15.4 Å². The number of nitriles is 1. The Balaban J connectivity index is 1.87. The number of anilines is 1. The number of rotatable bonds is 7. The average Bonchev–Trinajstić information content (AvgIpc) is 2.58. The number of amides is 1. The summed E-state index contributed by atoms with van der Waals surface area (Å²) >= 11 is 0. The van der Waals surface area contributed by atoms with Gasteiger partial charge in [-0.3, -0.25) is 9.69 Å². The van der Waals surface area contributed by atoms with Gasteiger partial charge in [0.05, 0.1) is 23.8 Å². The van der Waals surface area contributed by atoms with Gasteiger partial charge in [-0.05, 0) is 31.9 Å². The van der Waals surface area contributed by atoms with E-state index >= 15 is 0 Å². The SMILES string of the molecule is CC(C)[C@H](C(=O)NCCNc1ncccc1C#N)N1C[C@@H](C)O[C@@H](C)C1. The Hall–Kier alpha value is -2.17. The molecule has 0 radical (unpaired) electrons. The van der Waals surface area contributed by atoms with Gasteiger partial charge in [0, 0.05) is 32.4 Å². The third-order valence-electron chi connectivity index (χ3n) is 4.39. The van der Waals surface area contributed by atoms with Gasteiger partial charge in [-0.25, -0.2) is 4.98 Å². The lowest BCUT2D eigenvalue weighted by Gasteiger charge is -2.41. The van der Waals surface area contributed by atoms with Crippen LogP contribution in [0.4, 0.5) is 5.82 Å². The summed E-state index contributed by atoms with van der Waals surface area (Å²) in [6, 6.07) is 5.36. The summed E-state index contributed by atoms with van der Waals surface area (Å²) in [5.41, 5.74) is 0.496. The van der Waals surface area contributed by atoms with Gasteiger partial charge in [0.1, 0.15) is 11.9 Å². The minimum Gasteiger partial charge on any atom is -0.373 e. The maximum atomic E-state index is 12.7. The highest BCUT2D eigenvalue weighted by Crippen LogP contribution is 2.18. The monoisotopic (exact) mass is 359 g/mol. The number of nitrogens with one attached hydrogen (secondary N) is 2. The molecule has 2 heterocycles. The fraction of sp³-hybridized carbons (Fsp3) is 0.632. The van der Waals surface area contributed by atoms with Crippen LogP contribution < -0.4 is 10.6 Å². The van der Waals surface area contributed by atoms with Gasteiger partial charge in [-0.2, -0.15) is 5.26 Å². The minimum atomic E-state index is -0.173. The van der Waals surface area contributed by atoms with Crippen LogP contribution in [0.25, 0.3) is 0 Å². The van der Waals surface area contributed by atoms with Crippen LogP contribution in [0, 0.1) is 17.2 Å². The Morgan fingerprint density at radius 2 is 2.08 bits per heavy atom. The molecule has 26 heavy (non-hydrogen) atoms. The highest BCUT2D eigenvalue weighted by Gasteiger charge is 2.33. The summed E-state index contributed by atoms with van der Waals surface area (Å²) in [6.45, 7) is 10.7. The molecule has 1 amide bonds. The van der Waals surface area contributed by atoms with Gasteiger partial charge in [-0.15, -0.1) is 0 Å². The van der Waals surface area contributed by atoms with E-state index < -0.39 is 0 Å². The van der Waals surface area contributed by atoms with Crippen LogP contribution in [0.2, 0.25) is 0 Å². The van der Waals surface area contributed by atoms with Crippen LogP contribution in [0.3, 0.4) is 0 Å². The Labute approximate surface area is 155 Å². The first kappa shape index (κ1) is 20.1. The zero-order valence-electron chi connectivity index (χ0n) is 16.0. The van der Waals surface area contributed by atoms with E-state index in [0.717, 1.165) is 13.1 Å². The molecule has 0 spiro atoms. The molecule has 1 saturated heterocycles. The number of ether oxygens (including phenoxy) is 1. The Kier molecular flexibility index (Phi) is 7.37. The average molecular weight is 359 g/mol. The molecule has 1 fully saturated rings. The van der Waals surface area contributed by atoms with Gasteiger partial charge in [0.2, 0.25) is 5.91 Å².